The molecule has 186 valence electrons. The number of alkyl halides is 3. The second-order valence-corrected chi connectivity index (χ2v) is 9.20. The maximum Gasteiger partial charge on any atom is 0.416 e. The number of halogens is 4. The number of aromatic amines is 1. The second kappa shape index (κ2) is 8.70. The van der Waals surface area contributed by atoms with Gasteiger partial charge in [-0.25, -0.2) is 4.98 Å². The van der Waals surface area contributed by atoms with E-state index in [4.69, 9.17) is 0 Å². The van der Waals surface area contributed by atoms with Gasteiger partial charge in [0, 0.05) is 10.9 Å². The van der Waals surface area contributed by atoms with Crippen LogP contribution in [0.15, 0.2) is 71.6 Å². The molecular formula is C24H16ClF3N2O5S. The Bertz CT molecular complexity index is 1750. The highest BCUT2D eigenvalue weighted by molar-refractivity contribution is 7.86. The standard InChI is InChI=1S/C24H15F3N2O5S.ClH/c25-24(26,27)13-5-1-4-12(10-13)14-6-2-8-16(22(14)31)23-28-17-11-19(35(32,33)34)15-7-3-9-18(30)20(15)21(17)29-23;/h1-11,30-31H,(H,28,29)(H,32,33,34);1H. The molecule has 4 aromatic carbocycles. The van der Waals surface area contributed by atoms with Crippen LogP contribution in [0.1, 0.15) is 5.56 Å². The maximum atomic E-state index is 13.2. The molecule has 0 aliphatic heterocycles. The Hall–Kier alpha value is -3.80. The van der Waals surface area contributed by atoms with Crippen molar-refractivity contribution in [2.75, 3.05) is 0 Å². The molecule has 0 radical (unpaired) electrons. The second-order valence-electron chi connectivity index (χ2n) is 7.81. The van der Waals surface area contributed by atoms with Crippen LogP contribution in [0.5, 0.6) is 11.5 Å². The summed E-state index contributed by atoms with van der Waals surface area (Å²) < 4.78 is 73.1. The first-order valence-corrected chi connectivity index (χ1v) is 11.5. The minimum atomic E-state index is -4.66. The number of H-pyrrole nitrogens is 1. The van der Waals surface area contributed by atoms with E-state index >= 15 is 0 Å². The van der Waals surface area contributed by atoms with Crippen molar-refractivity contribution >= 4 is 44.3 Å². The molecule has 0 saturated carbocycles. The monoisotopic (exact) mass is 536 g/mol. The minimum absolute atomic E-state index is 0. The summed E-state index contributed by atoms with van der Waals surface area (Å²) in [5.74, 6) is -0.559. The molecule has 0 amide bonds. The third kappa shape index (κ3) is 4.21. The van der Waals surface area contributed by atoms with Gasteiger partial charge in [0.15, 0.2) is 0 Å². The normalized spacial score (nSPS) is 12.1. The van der Waals surface area contributed by atoms with Gasteiger partial charge in [0.25, 0.3) is 10.1 Å². The third-order valence-electron chi connectivity index (χ3n) is 5.62. The first-order valence-electron chi connectivity index (χ1n) is 10.1. The summed E-state index contributed by atoms with van der Waals surface area (Å²) in [6.45, 7) is 0. The van der Waals surface area contributed by atoms with Crippen molar-refractivity contribution in [3.8, 4) is 34.0 Å². The molecule has 5 rings (SSSR count). The number of hydrogen-bond acceptors (Lipinski definition) is 5. The van der Waals surface area contributed by atoms with Crippen LogP contribution in [0.4, 0.5) is 13.2 Å². The SMILES string of the molecule is Cl.O=S(=O)(O)c1cc2[nH]c(-c3cccc(-c4cccc(C(F)(F)F)c4)c3O)nc2c2c(O)cccc12. The summed E-state index contributed by atoms with van der Waals surface area (Å²) in [6, 6.07) is 14.3. The maximum absolute atomic E-state index is 13.2. The van der Waals surface area contributed by atoms with Crippen LogP contribution in [0.3, 0.4) is 0 Å². The van der Waals surface area contributed by atoms with E-state index in [0.29, 0.717) is 0 Å². The molecule has 12 heteroatoms. The van der Waals surface area contributed by atoms with E-state index in [9.17, 15) is 36.4 Å². The topological polar surface area (TPSA) is 124 Å². The van der Waals surface area contributed by atoms with Gasteiger partial charge in [-0.05, 0) is 35.9 Å². The fraction of sp³-hybridized carbons (Fsp3) is 0.0417. The van der Waals surface area contributed by atoms with Crippen LogP contribution >= 0.6 is 12.4 Å². The molecule has 0 bridgehead atoms. The highest BCUT2D eigenvalue weighted by Gasteiger charge is 2.30. The van der Waals surface area contributed by atoms with Gasteiger partial charge in [0.05, 0.1) is 22.0 Å². The predicted octanol–water partition coefficient (Wildman–Crippen LogP) is 6.15. The highest BCUT2D eigenvalue weighted by Crippen LogP contribution is 2.41. The van der Waals surface area contributed by atoms with Crippen LogP contribution in [0.2, 0.25) is 0 Å². The predicted molar refractivity (Wildman–Crippen MR) is 130 cm³/mol. The molecule has 0 saturated heterocycles. The highest BCUT2D eigenvalue weighted by atomic mass is 35.5. The molecule has 36 heavy (non-hydrogen) atoms. The van der Waals surface area contributed by atoms with Crippen molar-refractivity contribution in [1.29, 1.82) is 0 Å². The Morgan fingerprint density at radius 2 is 1.56 bits per heavy atom. The quantitative estimate of drug-likeness (QED) is 0.205. The fourth-order valence-electron chi connectivity index (χ4n) is 4.06. The molecule has 0 atom stereocenters. The molecule has 1 heterocycles. The number of aromatic nitrogens is 2. The Morgan fingerprint density at radius 3 is 2.25 bits per heavy atom. The molecule has 1 aromatic heterocycles. The molecule has 0 fully saturated rings. The van der Waals surface area contributed by atoms with Gasteiger partial charge in [-0.15, -0.1) is 12.4 Å². The van der Waals surface area contributed by atoms with E-state index in [1.807, 2.05) is 0 Å². The minimum Gasteiger partial charge on any atom is -0.507 e. The molecule has 7 nitrogen and oxygen atoms in total. The Morgan fingerprint density at radius 1 is 0.889 bits per heavy atom. The van der Waals surface area contributed by atoms with Crippen LogP contribution in [-0.4, -0.2) is 33.2 Å². The molecular weight excluding hydrogens is 521 g/mol. The fourth-order valence-corrected chi connectivity index (χ4v) is 4.77. The van der Waals surface area contributed by atoms with Gasteiger partial charge in [0.2, 0.25) is 0 Å². The average molecular weight is 537 g/mol. The number of fused-ring (bicyclic) bond motifs is 3. The van der Waals surface area contributed by atoms with Crippen LogP contribution in [-0.2, 0) is 16.3 Å². The van der Waals surface area contributed by atoms with Crippen LogP contribution < -0.4 is 0 Å². The smallest absolute Gasteiger partial charge is 0.416 e. The Kier molecular flexibility index (Phi) is 6.11. The largest absolute Gasteiger partial charge is 0.507 e. The van der Waals surface area contributed by atoms with Gasteiger partial charge < -0.3 is 15.2 Å². The number of phenols is 2. The number of benzene rings is 4. The van der Waals surface area contributed by atoms with Crippen molar-refractivity contribution in [3.05, 3.63) is 72.3 Å². The molecule has 4 N–H and O–H groups in total. The number of nitrogens with one attached hydrogen (secondary N) is 1. The van der Waals surface area contributed by atoms with Gasteiger partial charge >= 0.3 is 6.18 Å². The Balaban J connectivity index is 0.00000304. The first kappa shape index (κ1) is 25.3. The lowest BCUT2D eigenvalue weighted by atomic mass is 9.99. The number of imidazole rings is 1. The summed E-state index contributed by atoms with van der Waals surface area (Å²) >= 11 is 0. The molecule has 0 spiro atoms. The number of hydrogen-bond donors (Lipinski definition) is 4. The van der Waals surface area contributed by atoms with E-state index in [2.05, 4.69) is 9.97 Å². The van der Waals surface area contributed by atoms with Crippen LogP contribution in [0.25, 0.3) is 44.3 Å². The molecule has 0 aliphatic rings. The number of aromatic hydroxyl groups is 2. The molecule has 0 unspecified atom stereocenters. The zero-order chi connectivity index (χ0) is 25.1. The first-order chi connectivity index (χ1) is 16.4. The van der Waals surface area contributed by atoms with E-state index in [1.165, 1.54) is 48.5 Å². The van der Waals surface area contributed by atoms with E-state index < -0.39 is 26.8 Å². The molecule has 5 aromatic rings. The lowest BCUT2D eigenvalue weighted by Crippen LogP contribution is -2.04. The third-order valence-corrected chi connectivity index (χ3v) is 6.52. The summed E-state index contributed by atoms with van der Waals surface area (Å²) in [7, 11) is -4.66. The van der Waals surface area contributed by atoms with Gasteiger partial charge in [-0.2, -0.15) is 21.6 Å². The summed E-state index contributed by atoms with van der Waals surface area (Å²) in [6.07, 6.45) is -4.56. The summed E-state index contributed by atoms with van der Waals surface area (Å²) in [5, 5.41) is 21.5. The lowest BCUT2D eigenvalue weighted by molar-refractivity contribution is -0.137. The zero-order valence-electron chi connectivity index (χ0n) is 17.9. The van der Waals surface area contributed by atoms with Crippen molar-refractivity contribution in [2.45, 2.75) is 11.1 Å². The van der Waals surface area contributed by atoms with Crippen LogP contribution in [0, 0.1) is 0 Å². The van der Waals surface area contributed by atoms with Gasteiger partial charge in [-0.1, -0.05) is 36.4 Å². The van der Waals surface area contributed by atoms with Crippen molar-refractivity contribution in [1.82, 2.24) is 9.97 Å². The lowest BCUT2D eigenvalue weighted by Gasteiger charge is -2.11. The van der Waals surface area contributed by atoms with Crippen molar-refractivity contribution in [2.24, 2.45) is 0 Å². The summed E-state index contributed by atoms with van der Waals surface area (Å²) in [5.41, 5.74) is -0.168. The van der Waals surface area contributed by atoms with Crippen molar-refractivity contribution < 1.29 is 36.4 Å². The number of nitrogens with zero attached hydrogens (tertiary/aromatic N) is 1. The van der Waals surface area contributed by atoms with E-state index in [-0.39, 0.29) is 68.2 Å². The Labute approximate surface area is 208 Å². The number of para-hydroxylation sites is 1. The van der Waals surface area contributed by atoms with E-state index in [0.717, 1.165) is 18.2 Å². The van der Waals surface area contributed by atoms with Gasteiger partial charge in [-0.3, -0.25) is 4.55 Å². The number of rotatable bonds is 3. The average Bonchev–Trinajstić information content (AvgIpc) is 3.21. The van der Waals surface area contributed by atoms with Gasteiger partial charge in [0.1, 0.15) is 27.7 Å². The summed E-state index contributed by atoms with van der Waals surface area (Å²) in [4.78, 5) is 6.83. The molecule has 0 aliphatic carbocycles. The van der Waals surface area contributed by atoms with E-state index in [1.54, 1.807) is 0 Å². The zero-order valence-corrected chi connectivity index (χ0v) is 19.5. The van der Waals surface area contributed by atoms with Crippen molar-refractivity contribution in [3.63, 3.8) is 0 Å². The number of phenolic OH excluding ortho intramolecular Hbond substituents is 2.